The average molecular weight is 414 g/mol. The predicted molar refractivity (Wildman–Crippen MR) is 99.6 cm³/mol. The highest BCUT2D eigenvalue weighted by Gasteiger charge is 2.24. The summed E-state index contributed by atoms with van der Waals surface area (Å²) in [6.07, 6.45) is 4.47. The minimum Gasteiger partial charge on any atom is -0.492 e. The molecular formula is C17H20ClN3O5S. The van der Waals surface area contributed by atoms with E-state index < -0.39 is 16.0 Å². The lowest BCUT2D eigenvalue weighted by atomic mass is 10.3. The summed E-state index contributed by atoms with van der Waals surface area (Å²) in [7, 11) is -4.01. The first-order chi connectivity index (χ1) is 12.9. The first kappa shape index (κ1) is 19.5. The molecule has 0 saturated heterocycles. The maximum atomic E-state index is 12.8. The van der Waals surface area contributed by atoms with Gasteiger partial charge in [-0.3, -0.25) is 4.72 Å². The zero-order chi connectivity index (χ0) is 19.4. The number of aromatic nitrogens is 2. The van der Waals surface area contributed by atoms with Crippen molar-refractivity contribution in [2.24, 2.45) is 5.92 Å². The number of carbonyl (C=O) groups excluding carboxylic acids is 1. The van der Waals surface area contributed by atoms with Crippen molar-refractivity contribution in [2.75, 3.05) is 17.9 Å². The van der Waals surface area contributed by atoms with Gasteiger partial charge < -0.3 is 14.5 Å². The molecule has 0 unspecified atom stereocenters. The highest BCUT2D eigenvalue weighted by atomic mass is 35.5. The van der Waals surface area contributed by atoms with Crippen molar-refractivity contribution in [3.8, 4) is 5.75 Å². The number of benzene rings is 1. The first-order valence-corrected chi connectivity index (χ1v) is 10.4. The number of halogens is 1. The van der Waals surface area contributed by atoms with Gasteiger partial charge in [-0.15, -0.1) is 0 Å². The normalized spacial score (nSPS) is 14.0. The second kappa shape index (κ2) is 8.18. The lowest BCUT2D eigenvalue weighted by Gasteiger charge is -2.13. The van der Waals surface area contributed by atoms with E-state index in [1.807, 2.05) is 0 Å². The van der Waals surface area contributed by atoms with E-state index in [1.165, 1.54) is 31.2 Å². The molecule has 10 heteroatoms. The Labute approximate surface area is 162 Å². The summed E-state index contributed by atoms with van der Waals surface area (Å²) < 4.78 is 38.4. The molecule has 1 aromatic heterocycles. The second-order valence-corrected chi connectivity index (χ2v) is 8.23. The van der Waals surface area contributed by atoms with Crippen LogP contribution in [0.2, 0.25) is 5.02 Å². The number of carbonyl (C=O) groups is 1. The number of esters is 1. The van der Waals surface area contributed by atoms with Crippen molar-refractivity contribution >= 4 is 33.4 Å². The van der Waals surface area contributed by atoms with E-state index >= 15 is 0 Å². The summed E-state index contributed by atoms with van der Waals surface area (Å²) >= 11 is 5.97. The average Bonchev–Trinajstić information content (AvgIpc) is 3.33. The molecule has 1 heterocycles. The smallest absolute Gasteiger partial charge is 0.374 e. The van der Waals surface area contributed by atoms with Crippen molar-refractivity contribution < 1.29 is 22.7 Å². The van der Waals surface area contributed by atoms with Crippen molar-refractivity contribution in [1.29, 1.82) is 0 Å². The first-order valence-electron chi connectivity index (χ1n) is 8.56. The second-order valence-electron chi connectivity index (χ2n) is 6.14. The molecule has 27 heavy (non-hydrogen) atoms. The fourth-order valence-corrected chi connectivity index (χ4v) is 3.84. The van der Waals surface area contributed by atoms with Gasteiger partial charge in [0.1, 0.15) is 16.5 Å². The number of sulfonamides is 1. The van der Waals surface area contributed by atoms with Gasteiger partial charge in [0.2, 0.25) is 5.82 Å². The number of hydrogen-bond acceptors (Lipinski definition) is 6. The number of imidazole rings is 1. The number of nitrogens with zero attached hydrogens (tertiary/aromatic N) is 1. The van der Waals surface area contributed by atoms with Crippen molar-refractivity contribution in [3.05, 3.63) is 35.2 Å². The van der Waals surface area contributed by atoms with Gasteiger partial charge in [-0.05, 0) is 37.5 Å². The zero-order valence-electron chi connectivity index (χ0n) is 14.7. The molecule has 0 amide bonds. The summed E-state index contributed by atoms with van der Waals surface area (Å²) in [6.45, 7) is 2.28. The summed E-state index contributed by atoms with van der Waals surface area (Å²) in [5.41, 5.74) is 0. The van der Waals surface area contributed by atoms with Crippen LogP contribution in [0.25, 0.3) is 0 Å². The van der Waals surface area contributed by atoms with E-state index in [9.17, 15) is 13.2 Å². The molecular weight excluding hydrogens is 394 g/mol. The third-order valence-electron chi connectivity index (χ3n) is 3.96. The van der Waals surface area contributed by atoms with Crippen LogP contribution in [0.15, 0.2) is 29.3 Å². The molecule has 1 fully saturated rings. The number of nitrogens with one attached hydrogen (secondary N) is 2. The fraction of sp³-hybridized carbons (Fsp3) is 0.412. The van der Waals surface area contributed by atoms with E-state index in [2.05, 4.69) is 14.7 Å². The van der Waals surface area contributed by atoms with Gasteiger partial charge in [0.05, 0.1) is 19.4 Å². The SMILES string of the molecule is CCOC(=O)c1ncc(NS(=O)(=O)c2cc(Cl)ccc2OCCC2CC2)[nH]1. The number of anilines is 1. The van der Waals surface area contributed by atoms with Gasteiger partial charge in [0.15, 0.2) is 0 Å². The van der Waals surface area contributed by atoms with Gasteiger partial charge in [-0.1, -0.05) is 24.4 Å². The Morgan fingerprint density at radius 1 is 1.41 bits per heavy atom. The Balaban J connectivity index is 1.77. The molecule has 1 aromatic carbocycles. The number of aromatic amines is 1. The highest BCUT2D eigenvalue weighted by molar-refractivity contribution is 7.92. The van der Waals surface area contributed by atoms with E-state index in [1.54, 1.807) is 13.0 Å². The van der Waals surface area contributed by atoms with Crippen LogP contribution in [0.4, 0.5) is 5.82 Å². The van der Waals surface area contributed by atoms with Gasteiger partial charge in [0, 0.05) is 5.02 Å². The van der Waals surface area contributed by atoms with Gasteiger partial charge >= 0.3 is 5.97 Å². The molecule has 0 bridgehead atoms. The third kappa shape index (κ3) is 5.14. The third-order valence-corrected chi connectivity index (χ3v) is 5.59. The Bertz CT molecular complexity index is 924. The van der Waals surface area contributed by atoms with Crippen LogP contribution in [0.1, 0.15) is 36.8 Å². The zero-order valence-corrected chi connectivity index (χ0v) is 16.3. The summed E-state index contributed by atoms with van der Waals surface area (Å²) in [6, 6.07) is 4.42. The minimum atomic E-state index is -4.01. The van der Waals surface area contributed by atoms with Gasteiger partial charge in [0.25, 0.3) is 10.0 Å². The van der Waals surface area contributed by atoms with Crippen LogP contribution < -0.4 is 9.46 Å². The maximum absolute atomic E-state index is 12.8. The van der Waals surface area contributed by atoms with E-state index in [0.29, 0.717) is 12.5 Å². The molecule has 1 saturated carbocycles. The molecule has 1 aliphatic carbocycles. The molecule has 3 rings (SSSR count). The topological polar surface area (TPSA) is 110 Å². The summed E-state index contributed by atoms with van der Waals surface area (Å²) in [5.74, 6) is 0.151. The summed E-state index contributed by atoms with van der Waals surface area (Å²) in [4.78, 5) is 17.9. The Hall–Kier alpha value is -2.26. The molecule has 0 radical (unpaired) electrons. The van der Waals surface area contributed by atoms with Crippen LogP contribution in [-0.4, -0.2) is 37.6 Å². The Kier molecular flexibility index (Phi) is 5.91. The minimum absolute atomic E-state index is 0.0296. The molecule has 1 aliphatic rings. The lowest BCUT2D eigenvalue weighted by Crippen LogP contribution is -2.15. The molecule has 146 valence electrons. The van der Waals surface area contributed by atoms with E-state index in [0.717, 1.165) is 6.42 Å². The molecule has 8 nitrogen and oxygen atoms in total. The molecule has 2 aromatic rings. The van der Waals surface area contributed by atoms with Crippen molar-refractivity contribution in [2.45, 2.75) is 31.1 Å². The lowest BCUT2D eigenvalue weighted by molar-refractivity contribution is 0.0513. The quantitative estimate of drug-likeness (QED) is 0.610. The number of H-pyrrole nitrogens is 1. The molecule has 2 N–H and O–H groups in total. The Morgan fingerprint density at radius 2 is 2.19 bits per heavy atom. The van der Waals surface area contributed by atoms with Gasteiger partial charge in [-0.2, -0.15) is 0 Å². The largest absolute Gasteiger partial charge is 0.492 e. The number of rotatable bonds is 9. The van der Waals surface area contributed by atoms with Crippen LogP contribution in [0.3, 0.4) is 0 Å². The summed E-state index contributed by atoms with van der Waals surface area (Å²) in [5, 5.41) is 0.266. The van der Waals surface area contributed by atoms with Crippen LogP contribution in [0, 0.1) is 5.92 Å². The molecule has 0 spiro atoms. The highest BCUT2D eigenvalue weighted by Crippen LogP contribution is 2.33. The monoisotopic (exact) mass is 413 g/mol. The Morgan fingerprint density at radius 3 is 2.89 bits per heavy atom. The predicted octanol–water partition coefficient (Wildman–Crippen LogP) is 3.22. The standard InChI is InChI=1S/C17H20ClN3O5S/c1-2-25-17(22)16-19-10-15(20-16)21-27(23,24)14-9-12(18)5-6-13(14)26-8-7-11-3-4-11/h5-6,9-11,21H,2-4,7-8H2,1H3,(H,19,20). The van der Waals surface area contributed by atoms with Crippen LogP contribution in [0.5, 0.6) is 5.75 Å². The molecule has 0 aliphatic heterocycles. The number of ether oxygens (including phenoxy) is 2. The van der Waals surface area contributed by atoms with Crippen LogP contribution >= 0.6 is 11.6 Å². The van der Waals surface area contributed by atoms with Crippen molar-refractivity contribution in [1.82, 2.24) is 9.97 Å². The molecule has 0 atom stereocenters. The van der Waals surface area contributed by atoms with Crippen molar-refractivity contribution in [3.63, 3.8) is 0 Å². The van der Waals surface area contributed by atoms with Gasteiger partial charge in [-0.25, -0.2) is 18.2 Å². The van der Waals surface area contributed by atoms with E-state index in [-0.39, 0.29) is 33.9 Å². The maximum Gasteiger partial charge on any atom is 0.374 e. The number of hydrogen-bond donors (Lipinski definition) is 2. The fourth-order valence-electron chi connectivity index (χ4n) is 2.43. The van der Waals surface area contributed by atoms with Crippen LogP contribution in [-0.2, 0) is 14.8 Å². The van der Waals surface area contributed by atoms with E-state index in [4.69, 9.17) is 21.1 Å².